The first-order valence-corrected chi connectivity index (χ1v) is 21.9. The molecule has 0 radical (unpaired) electrons. The summed E-state index contributed by atoms with van der Waals surface area (Å²) in [5, 5.41) is 59.9. The number of fused-ring (bicyclic) bond motifs is 3. The van der Waals surface area contributed by atoms with Crippen LogP contribution in [0.3, 0.4) is 0 Å². The highest BCUT2D eigenvalue weighted by atomic mass is 16.5. The van der Waals surface area contributed by atoms with Crippen LogP contribution in [0, 0.1) is 5.92 Å². The number of ketones is 2. The summed E-state index contributed by atoms with van der Waals surface area (Å²) < 4.78 is 10.4. The van der Waals surface area contributed by atoms with E-state index >= 15 is 0 Å². The zero-order valence-corrected chi connectivity index (χ0v) is 38.3. The molecule has 0 saturated carbocycles. The van der Waals surface area contributed by atoms with E-state index in [9.17, 15) is 68.4 Å². The van der Waals surface area contributed by atoms with Crippen molar-refractivity contribution < 1.29 is 77.8 Å². The summed E-state index contributed by atoms with van der Waals surface area (Å²) in [4.78, 5) is 128. The van der Waals surface area contributed by atoms with Gasteiger partial charge in [0, 0.05) is 73.4 Å². The van der Waals surface area contributed by atoms with Crippen LogP contribution in [0.5, 0.6) is 17.2 Å². The van der Waals surface area contributed by atoms with Gasteiger partial charge in [0.2, 0.25) is 29.4 Å². The maximum absolute atomic E-state index is 13.6. The topological polar surface area (TPSA) is 346 Å². The third-order valence-corrected chi connectivity index (χ3v) is 11.7. The Hall–Kier alpha value is -8.18. The number of hydrogen-bond donors (Lipinski definition) is 10. The van der Waals surface area contributed by atoms with Gasteiger partial charge < -0.3 is 61.8 Å². The van der Waals surface area contributed by atoms with Gasteiger partial charge in [0.1, 0.15) is 41.5 Å². The molecule has 1 aliphatic heterocycles. The lowest BCUT2D eigenvalue weighted by atomic mass is 9.72. The lowest BCUT2D eigenvalue weighted by Gasteiger charge is -2.37. The van der Waals surface area contributed by atoms with Gasteiger partial charge in [0.05, 0.1) is 36.4 Å². The maximum Gasteiger partial charge on any atom is 0.408 e. The van der Waals surface area contributed by atoms with Crippen molar-refractivity contribution in [2.75, 3.05) is 38.6 Å². The van der Waals surface area contributed by atoms with E-state index in [1.165, 1.54) is 44.4 Å². The number of aliphatic hydroxyl groups is 2. The Morgan fingerprint density at radius 1 is 0.800 bits per heavy atom. The van der Waals surface area contributed by atoms with Crippen LogP contribution in [0.4, 0.5) is 10.5 Å². The van der Waals surface area contributed by atoms with E-state index < -0.39 is 125 Å². The number of imide groups is 1. The minimum Gasteiger partial charge on any atom is -0.507 e. The van der Waals surface area contributed by atoms with Crippen molar-refractivity contribution in [3.05, 3.63) is 93.6 Å². The number of carbonyl (C=O) groups excluding carboxylic acids is 10. The third-order valence-electron chi connectivity index (χ3n) is 11.7. The van der Waals surface area contributed by atoms with Crippen LogP contribution in [0.25, 0.3) is 0 Å². The molecule has 0 aromatic heterocycles. The molecule has 70 heavy (non-hydrogen) atoms. The van der Waals surface area contributed by atoms with Gasteiger partial charge >= 0.3 is 6.09 Å². The fourth-order valence-electron chi connectivity index (χ4n) is 8.04. The molecule has 23 heteroatoms. The number of benzene rings is 3. The Balaban J connectivity index is 0.901. The van der Waals surface area contributed by atoms with E-state index in [1.807, 2.05) is 0 Å². The molecular weight excluding hydrogens is 919 g/mol. The molecule has 6 rings (SSSR count). The summed E-state index contributed by atoms with van der Waals surface area (Å²) in [6.45, 7) is 3.52. The Bertz CT molecular complexity index is 2680. The first-order valence-electron chi connectivity index (χ1n) is 21.9. The van der Waals surface area contributed by atoms with Gasteiger partial charge in [-0.05, 0) is 36.6 Å². The van der Waals surface area contributed by atoms with Crippen LogP contribution in [0.2, 0.25) is 0 Å². The van der Waals surface area contributed by atoms with Crippen molar-refractivity contribution in [1.82, 2.24) is 31.5 Å². The average Bonchev–Trinajstić information content (AvgIpc) is 3.65. The molecule has 8 amide bonds. The normalized spacial score (nSPS) is 17.6. The third kappa shape index (κ3) is 11.1. The number of alkyl carbamates (subject to hydrolysis) is 1. The number of phenolic OH excluding ortho intramolecular Hbond substituents is 2. The number of rotatable bonds is 18. The van der Waals surface area contributed by atoms with Gasteiger partial charge in [0.15, 0.2) is 5.78 Å². The maximum atomic E-state index is 13.6. The molecule has 0 bridgehead atoms. The van der Waals surface area contributed by atoms with Gasteiger partial charge in [-0.1, -0.05) is 38.1 Å². The van der Waals surface area contributed by atoms with Crippen LogP contribution in [0.15, 0.2) is 54.6 Å². The van der Waals surface area contributed by atoms with Crippen LogP contribution in [0.1, 0.15) is 88.3 Å². The van der Waals surface area contributed by atoms with Gasteiger partial charge in [-0.3, -0.25) is 48.1 Å². The molecule has 370 valence electrons. The fourth-order valence-corrected chi connectivity index (χ4v) is 8.04. The molecule has 2 aliphatic carbocycles. The lowest BCUT2D eigenvalue weighted by molar-refractivity contribution is -0.144. The van der Waals surface area contributed by atoms with Crippen molar-refractivity contribution in [2.24, 2.45) is 5.92 Å². The molecule has 0 spiro atoms. The summed E-state index contributed by atoms with van der Waals surface area (Å²) >= 11 is 0. The van der Waals surface area contributed by atoms with E-state index in [-0.39, 0.29) is 66.6 Å². The molecule has 3 aliphatic rings. The Labute approximate surface area is 399 Å². The summed E-state index contributed by atoms with van der Waals surface area (Å²) in [5.74, 6) is -8.06. The number of nitrogens with one attached hydrogen (secondary N) is 6. The van der Waals surface area contributed by atoms with E-state index in [1.54, 1.807) is 26.0 Å². The first-order chi connectivity index (χ1) is 33.1. The summed E-state index contributed by atoms with van der Waals surface area (Å²) in [6.07, 6.45) is -2.06. The van der Waals surface area contributed by atoms with Gasteiger partial charge in [-0.2, -0.15) is 0 Å². The molecule has 3 aromatic rings. The molecule has 10 N–H and O–H groups in total. The minimum atomic E-state index is -2.37. The number of aliphatic hydroxyl groups excluding tert-OH is 1. The van der Waals surface area contributed by atoms with Crippen molar-refractivity contribution in [2.45, 2.75) is 70.4 Å². The lowest BCUT2D eigenvalue weighted by Crippen LogP contribution is -2.53. The van der Waals surface area contributed by atoms with Crippen LogP contribution >= 0.6 is 0 Å². The zero-order chi connectivity index (χ0) is 51.2. The number of hydrogen-bond acceptors (Lipinski definition) is 16. The van der Waals surface area contributed by atoms with Crippen LogP contribution in [-0.4, -0.2) is 135 Å². The Kier molecular flexibility index (Phi) is 15.7. The summed E-state index contributed by atoms with van der Waals surface area (Å²) in [5.41, 5.74) is -3.49. The largest absolute Gasteiger partial charge is 0.507 e. The van der Waals surface area contributed by atoms with Gasteiger partial charge in [-0.15, -0.1) is 0 Å². The summed E-state index contributed by atoms with van der Waals surface area (Å²) in [7, 11) is 1.29. The second kappa shape index (κ2) is 21.4. The number of nitrogens with zero attached hydrogens (tertiary/aromatic N) is 1. The SMILES string of the molecule is COc1cccc2c1C(=O)c1c(O)c3c(c(O)c1C2=O)CC(O)(C(=O)NCCNC(=O)C(C)NC(=O)OCc1ccc(NC(=O)CNC(=O)C(NC(=O)CCN2C(=O)C=CC2=O)C(C)C)cc1)CC3O. The molecule has 23 nitrogen and oxygen atoms in total. The Morgan fingerprint density at radius 3 is 2.11 bits per heavy atom. The van der Waals surface area contributed by atoms with E-state index in [4.69, 9.17) is 9.47 Å². The number of aromatic hydroxyl groups is 2. The number of anilines is 1. The second-order valence-electron chi connectivity index (χ2n) is 17.0. The minimum absolute atomic E-state index is 0.0527. The van der Waals surface area contributed by atoms with Crippen LogP contribution in [-0.2, 0) is 51.3 Å². The zero-order valence-electron chi connectivity index (χ0n) is 38.3. The number of amides is 8. The number of phenols is 2. The number of carbonyl (C=O) groups is 10. The molecular formula is C47H51N7O16. The quantitative estimate of drug-likeness (QED) is 0.0346. The van der Waals surface area contributed by atoms with Gasteiger partial charge in [-0.25, -0.2) is 4.79 Å². The summed E-state index contributed by atoms with van der Waals surface area (Å²) in [6, 6.07) is 8.29. The smallest absolute Gasteiger partial charge is 0.408 e. The van der Waals surface area contributed by atoms with E-state index in [0.29, 0.717) is 11.3 Å². The molecule has 1 heterocycles. The predicted octanol–water partition coefficient (Wildman–Crippen LogP) is -0.350. The molecule has 0 saturated heterocycles. The van der Waals surface area contributed by atoms with Crippen molar-refractivity contribution >= 4 is 64.7 Å². The highest BCUT2D eigenvalue weighted by molar-refractivity contribution is 6.31. The molecule has 3 aromatic carbocycles. The molecule has 4 unspecified atom stereocenters. The fraction of sp³-hybridized carbons (Fsp3) is 0.362. The van der Waals surface area contributed by atoms with Crippen molar-refractivity contribution in [3.8, 4) is 17.2 Å². The second-order valence-corrected chi connectivity index (χ2v) is 17.0. The molecule has 4 atom stereocenters. The standard InChI is InChI=1S/C47H51N7O16/c1-22(2)38(53-30(56)14-17-54-32(58)12-13-33(54)59)44(65)50-20-31(57)52-25-10-8-24(9-11-25)21-70-46(67)51-23(3)43(64)48-15-16-49-45(66)47(68)18-27-34(28(55)19-47)41(62)37-36(40(27)61)39(60)26-6-5-7-29(69-4)35(26)42(37)63/h5-13,22-23,28,38,55,61-62,68H,14-21H2,1-4H3,(H,48,64)(H,49,66)(H,50,65)(H,51,67)(H,52,57)(H,53,56). The first kappa shape index (κ1) is 51.2. The van der Waals surface area contributed by atoms with E-state index in [0.717, 1.165) is 17.1 Å². The number of ether oxygens (including phenoxy) is 2. The predicted molar refractivity (Wildman–Crippen MR) is 242 cm³/mol. The highest BCUT2D eigenvalue weighted by Crippen LogP contribution is 2.51. The van der Waals surface area contributed by atoms with Gasteiger partial charge in [0.25, 0.3) is 17.7 Å². The average molecular weight is 970 g/mol. The molecule has 0 fully saturated rings. The Morgan fingerprint density at radius 2 is 1.46 bits per heavy atom. The van der Waals surface area contributed by atoms with Crippen molar-refractivity contribution in [3.63, 3.8) is 0 Å². The highest BCUT2D eigenvalue weighted by Gasteiger charge is 2.48. The van der Waals surface area contributed by atoms with Crippen LogP contribution < -0.4 is 36.6 Å². The van der Waals surface area contributed by atoms with Crippen molar-refractivity contribution in [1.29, 1.82) is 0 Å². The van der Waals surface area contributed by atoms with E-state index in [2.05, 4.69) is 31.9 Å². The monoisotopic (exact) mass is 969 g/mol. The number of methoxy groups -OCH3 is 1.